The van der Waals surface area contributed by atoms with Gasteiger partial charge in [0.1, 0.15) is 11.3 Å². The first-order chi connectivity index (χ1) is 15.1. The van der Waals surface area contributed by atoms with E-state index in [1.165, 1.54) is 0 Å². The quantitative estimate of drug-likeness (QED) is 0.331. The van der Waals surface area contributed by atoms with E-state index in [1.54, 1.807) is 48.5 Å². The molecule has 5 aromatic rings. The number of nitrogens with one attached hydrogen (secondary N) is 2. The largest absolute Gasteiger partial charge is 0.355 e. The maximum absolute atomic E-state index is 13.4. The summed E-state index contributed by atoms with van der Waals surface area (Å²) >= 11 is 12.0. The molecule has 0 unspecified atom stereocenters. The zero-order chi connectivity index (χ0) is 21.4. The van der Waals surface area contributed by atoms with E-state index in [4.69, 9.17) is 27.7 Å². The molecule has 0 aliphatic heterocycles. The molecule has 0 atom stereocenters. The molecule has 0 saturated heterocycles. The van der Waals surface area contributed by atoms with Gasteiger partial charge in [0.15, 0.2) is 5.76 Å². The number of halogens is 2. The number of aromatic nitrogens is 3. The number of aromatic amines is 1. The first kappa shape index (κ1) is 19.4. The van der Waals surface area contributed by atoms with Crippen LogP contribution in [0.1, 0.15) is 10.4 Å². The molecule has 2 heterocycles. The van der Waals surface area contributed by atoms with Gasteiger partial charge in [0, 0.05) is 21.2 Å². The summed E-state index contributed by atoms with van der Waals surface area (Å²) < 4.78 is 5.61. The van der Waals surface area contributed by atoms with E-state index >= 15 is 0 Å². The Hall–Kier alpha value is -3.61. The van der Waals surface area contributed by atoms with E-state index in [-0.39, 0.29) is 5.56 Å². The normalized spacial score (nSPS) is 11.0. The number of rotatable bonds is 4. The number of amides is 1. The SMILES string of the molecule is O=C(Nc1nc2ccccc2[nH]1)c1c(-c2ccc(Cl)cc2)noc1-c1ccc(Cl)cc1. The average Bonchev–Trinajstić information content (AvgIpc) is 3.39. The Labute approximate surface area is 186 Å². The van der Waals surface area contributed by atoms with Crippen molar-refractivity contribution in [2.24, 2.45) is 0 Å². The number of carbonyl (C=O) groups is 1. The Balaban J connectivity index is 1.59. The second-order valence-electron chi connectivity index (χ2n) is 6.81. The number of H-pyrrole nitrogens is 1. The second-order valence-corrected chi connectivity index (χ2v) is 7.68. The van der Waals surface area contributed by atoms with E-state index in [0.29, 0.717) is 38.6 Å². The van der Waals surface area contributed by atoms with Crippen LogP contribution >= 0.6 is 23.2 Å². The Kier molecular flexibility index (Phi) is 4.94. The number of imidazole rings is 1. The summed E-state index contributed by atoms with van der Waals surface area (Å²) in [5.41, 5.74) is 3.62. The molecule has 0 spiro atoms. The summed E-state index contributed by atoms with van der Waals surface area (Å²) in [7, 11) is 0. The molecule has 3 aromatic carbocycles. The molecule has 8 heteroatoms. The van der Waals surface area contributed by atoms with Crippen molar-refractivity contribution in [3.05, 3.63) is 88.4 Å². The van der Waals surface area contributed by atoms with Crippen LogP contribution in [-0.2, 0) is 0 Å². The number of carbonyl (C=O) groups excluding carboxylic acids is 1. The summed E-state index contributed by atoms with van der Waals surface area (Å²) in [6.07, 6.45) is 0. The summed E-state index contributed by atoms with van der Waals surface area (Å²) in [5, 5.41) is 8.16. The van der Waals surface area contributed by atoms with Gasteiger partial charge in [-0.05, 0) is 48.5 Å². The molecule has 0 aliphatic rings. The Morgan fingerprint density at radius 2 is 1.52 bits per heavy atom. The lowest BCUT2D eigenvalue weighted by Gasteiger charge is -2.05. The molecule has 31 heavy (non-hydrogen) atoms. The van der Waals surface area contributed by atoms with Crippen molar-refractivity contribution in [1.82, 2.24) is 15.1 Å². The van der Waals surface area contributed by atoms with Gasteiger partial charge in [0.25, 0.3) is 5.91 Å². The topological polar surface area (TPSA) is 83.8 Å². The molecular weight excluding hydrogens is 435 g/mol. The smallest absolute Gasteiger partial charge is 0.264 e. The highest BCUT2D eigenvalue weighted by atomic mass is 35.5. The number of anilines is 1. The van der Waals surface area contributed by atoms with Crippen LogP contribution in [0.5, 0.6) is 0 Å². The number of fused-ring (bicyclic) bond motifs is 1. The minimum absolute atomic E-state index is 0.283. The van der Waals surface area contributed by atoms with Crippen LogP contribution in [0.25, 0.3) is 33.6 Å². The van der Waals surface area contributed by atoms with Gasteiger partial charge in [-0.25, -0.2) is 4.98 Å². The molecule has 152 valence electrons. The standard InChI is InChI=1S/C23H14Cl2N4O2/c24-15-9-5-13(6-10-15)20-19(21(31-29-20)14-7-11-16(25)12-8-14)22(30)28-23-26-17-3-1-2-4-18(17)27-23/h1-12H,(H2,26,27,28,30). The molecule has 0 bridgehead atoms. The lowest BCUT2D eigenvalue weighted by molar-refractivity contribution is 0.102. The van der Waals surface area contributed by atoms with Gasteiger partial charge in [-0.2, -0.15) is 0 Å². The van der Waals surface area contributed by atoms with Crippen molar-refractivity contribution < 1.29 is 9.32 Å². The van der Waals surface area contributed by atoms with Gasteiger partial charge in [0.2, 0.25) is 5.95 Å². The lowest BCUT2D eigenvalue weighted by atomic mass is 10.0. The number of benzene rings is 3. The molecule has 0 aliphatic carbocycles. The third kappa shape index (κ3) is 3.79. The van der Waals surface area contributed by atoms with Crippen LogP contribution in [-0.4, -0.2) is 21.0 Å². The first-order valence-electron chi connectivity index (χ1n) is 9.36. The van der Waals surface area contributed by atoms with Crippen molar-refractivity contribution in [2.75, 3.05) is 5.32 Å². The minimum Gasteiger partial charge on any atom is -0.355 e. The van der Waals surface area contributed by atoms with Gasteiger partial charge in [-0.3, -0.25) is 10.1 Å². The number of nitrogens with zero attached hydrogens (tertiary/aromatic N) is 2. The van der Waals surface area contributed by atoms with Crippen LogP contribution in [0, 0.1) is 0 Å². The first-order valence-corrected chi connectivity index (χ1v) is 10.1. The number of hydrogen-bond acceptors (Lipinski definition) is 4. The molecule has 6 nitrogen and oxygen atoms in total. The van der Waals surface area contributed by atoms with Gasteiger partial charge in [-0.15, -0.1) is 0 Å². The predicted octanol–water partition coefficient (Wildman–Crippen LogP) is 6.44. The molecule has 2 N–H and O–H groups in total. The highest BCUT2D eigenvalue weighted by Crippen LogP contribution is 2.34. The van der Waals surface area contributed by atoms with Crippen molar-refractivity contribution in [3.63, 3.8) is 0 Å². The van der Waals surface area contributed by atoms with Crippen LogP contribution in [0.3, 0.4) is 0 Å². The molecule has 0 saturated carbocycles. The Bertz CT molecular complexity index is 1290. The van der Waals surface area contributed by atoms with Gasteiger partial charge < -0.3 is 9.51 Å². The van der Waals surface area contributed by atoms with E-state index in [2.05, 4.69) is 20.4 Å². The highest BCUT2D eigenvalue weighted by molar-refractivity contribution is 6.31. The fraction of sp³-hybridized carbons (Fsp3) is 0. The van der Waals surface area contributed by atoms with Crippen LogP contribution in [0.2, 0.25) is 10.0 Å². The molecule has 5 rings (SSSR count). The molecule has 1 amide bonds. The predicted molar refractivity (Wildman–Crippen MR) is 121 cm³/mol. The third-order valence-electron chi connectivity index (χ3n) is 4.76. The third-order valence-corrected chi connectivity index (χ3v) is 5.27. The lowest BCUT2D eigenvalue weighted by Crippen LogP contribution is -2.14. The molecular formula is C23H14Cl2N4O2. The van der Waals surface area contributed by atoms with E-state index in [0.717, 1.165) is 11.0 Å². The van der Waals surface area contributed by atoms with E-state index in [9.17, 15) is 4.79 Å². The maximum atomic E-state index is 13.4. The summed E-state index contributed by atoms with van der Waals surface area (Å²) in [5.74, 6) is 0.252. The van der Waals surface area contributed by atoms with Crippen molar-refractivity contribution in [2.45, 2.75) is 0 Å². The molecule has 0 fully saturated rings. The fourth-order valence-electron chi connectivity index (χ4n) is 3.29. The summed E-state index contributed by atoms with van der Waals surface area (Å²) in [6, 6.07) is 21.5. The Morgan fingerprint density at radius 3 is 2.19 bits per heavy atom. The average molecular weight is 449 g/mol. The maximum Gasteiger partial charge on any atom is 0.264 e. The number of hydrogen-bond donors (Lipinski definition) is 2. The molecule has 0 radical (unpaired) electrons. The van der Waals surface area contributed by atoms with E-state index in [1.807, 2.05) is 24.3 Å². The number of para-hydroxylation sites is 2. The highest BCUT2D eigenvalue weighted by Gasteiger charge is 2.26. The van der Waals surface area contributed by atoms with Crippen molar-refractivity contribution in [3.8, 4) is 22.6 Å². The van der Waals surface area contributed by atoms with Gasteiger partial charge in [0.05, 0.1) is 11.0 Å². The summed E-state index contributed by atoms with van der Waals surface area (Å²) in [6.45, 7) is 0. The summed E-state index contributed by atoms with van der Waals surface area (Å²) in [4.78, 5) is 20.9. The van der Waals surface area contributed by atoms with Crippen LogP contribution in [0.4, 0.5) is 5.95 Å². The van der Waals surface area contributed by atoms with Crippen LogP contribution < -0.4 is 5.32 Å². The van der Waals surface area contributed by atoms with Gasteiger partial charge in [-0.1, -0.05) is 52.6 Å². The Morgan fingerprint density at radius 1 is 0.871 bits per heavy atom. The van der Waals surface area contributed by atoms with E-state index < -0.39 is 5.91 Å². The zero-order valence-electron chi connectivity index (χ0n) is 15.9. The molecule has 2 aromatic heterocycles. The zero-order valence-corrected chi connectivity index (χ0v) is 17.4. The van der Waals surface area contributed by atoms with Gasteiger partial charge >= 0.3 is 0 Å². The minimum atomic E-state index is -0.407. The monoisotopic (exact) mass is 448 g/mol. The van der Waals surface area contributed by atoms with Crippen molar-refractivity contribution >= 4 is 46.1 Å². The van der Waals surface area contributed by atoms with Crippen molar-refractivity contribution in [1.29, 1.82) is 0 Å². The second kappa shape index (κ2) is 7.91. The fourth-order valence-corrected chi connectivity index (χ4v) is 3.54. The van der Waals surface area contributed by atoms with Crippen LogP contribution in [0.15, 0.2) is 77.3 Å².